The zero-order chi connectivity index (χ0) is 20.4. The number of fused-ring (bicyclic) bond motifs is 2. The van der Waals surface area contributed by atoms with E-state index in [1.165, 1.54) is 18.4 Å². The Balaban J connectivity index is 1.41. The van der Waals surface area contributed by atoms with Gasteiger partial charge in [-0.05, 0) is 50.8 Å². The van der Waals surface area contributed by atoms with Crippen molar-refractivity contribution in [2.45, 2.75) is 57.3 Å². The molecule has 2 fully saturated rings. The predicted molar refractivity (Wildman–Crippen MR) is 114 cm³/mol. The van der Waals surface area contributed by atoms with E-state index in [4.69, 9.17) is 9.47 Å². The van der Waals surface area contributed by atoms with E-state index in [0.717, 1.165) is 42.0 Å². The van der Waals surface area contributed by atoms with Crippen LogP contribution < -0.4 is 14.8 Å². The average Bonchev–Trinajstić information content (AvgIpc) is 2.96. The van der Waals surface area contributed by atoms with Gasteiger partial charge >= 0.3 is 0 Å². The molecule has 2 bridgehead atoms. The van der Waals surface area contributed by atoms with Crippen LogP contribution in [-0.4, -0.2) is 43.2 Å². The fraction of sp³-hybridized carbons (Fsp3) is 0.458. The van der Waals surface area contributed by atoms with Crippen molar-refractivity contribution in [2.75, 3.05) is 14.2 Å². The Labute approximate surface area is 173 Å². The van der Waals surface area contributed by atoms with E-state index in [9.17, 15) is 4.79 Å². The van der Waals surface area contributed by atoms with Gasteiger partial charge in [-0.25, -0.2) is 0 Å². The van der Waals surface area contributed by atoms with Gasteiger partial charge in [-0.1, -0.05) is 23.8 Å². The third-order valence-electron chi connectivity index (χ3n) is 6.35. The van der Waals surface area contributed by atoms with Gasteiger partial charge in [0.25, 0.3) is 5.91 Å². The van der Waals surface area contributed by atoms with E-state index in [0.29, 0.717) is 12.1 Å². The van der Waals surface area contributed by atoms with Gasteiger partial charge in [0.2, 0.25) is 0 Å². The molecule has 0 spiro atoms. The fourth-order valence-corrected chi connectivity index (χ4v) is 4.88. The minimum atomic E-state index is 0.0448. The van der Waals surface area contributed by atoms with Gasteiger partial charge in [0, 0.05) is 41.9 Å². The third kappa shape index (κ3) is 4.25. The van der Waals surface area contributed by atoms with E-state index < -0.39 is 0 Å². The first-order chi connectivity index (χ1) is 14.1. The van der Waals surface area contributed by atoms with Crippen LogP contribution in [0.1, 0.15) is 47.2 Å². The van der Waals surface area contributed by atoms with Gasteiger partial charge in [0.15, 0.2) is 0 Å². The van der Waals surface area contributed by atoms with Crippen LogP contribution in [0, 0.1) is 6.92 Å². The summed E-state index contributed by atoms with van der Waals surface area (Å²) in [5.41, 5.74) is 3.05. The molecule has 4 rings (SSSR count). The largest absolute Gasteiger partial charge is 0.497 e. The Morgan fingerprint density at radius 2 is 1.83 bits per heavy atom. The van der Waals surface area contributed by atoms with Gasteiger partial charge in [-0.2, -0.15) is 0 Å². The zero-order valence-corrected chi connectivity index (χ0v) is 17.5. The number of methoxy groups -OCH3 is 2. The quantitative estimate of drug-likeness (QED) is 0.806. The number of nitrogens with one attached hydrogen (secondary N) is 1. The third-order valence-corrected chi connectivity index (χ3v) is 6.35. The number of hydrogen-bond acceptors (Lipinski definition) is 4. The minimum absolute atomic E-state index is 0.0448. The molecule has 154 valence electrons. The van der Waals surface area contributed by atoms with Crippen molar-refractivity contribution in [1.82, 2.24) is 10.2 Å². The molecule has 0 aromatic heterocycles. The first-order valence-electron chi connectivity index (χ1n) is 10.4. The number of rotatable bonds is 6. The summed E-state index contributed by atoms with van der Waals surface area (Å²) in [5.74, 6) is 1.73. The summed E-state index contributed by atoms with van der Waals surface area (Å²) >= 11 is 0. The number of hydrogen-bond donors (Lipinski definition) is 1. The van der Waals surface area contributed by atoms with Gasteiger partial charge in [-0.15, -0.1) is 0 Å². The van der Waals surface area contributed by atoms with Crippen molar-refractivity contribution in [1.29, 1.82) is 0 Å². The first-order valence-corrected chi connectivity index (χ1v) is 10.4. The molecule has 2 aliphatic rings. The molecule has 2 atom stereocenters. The lowest BCUT2D eigenvalue weighted by molar-refractivity contribution is 0.0825. The molecular weight excluding hydrogens is 364 g/mol. The van der Waals surface area contributed by atoms with E-state index in [1.54, 1.807) is 14.2 Å². The number of ether oxygens (including phenoxy) is 2. The number of carbonyl (C=O) groups is 1. The summed E-state index contributed by atoms with van der Waals surface area (Å²) in [4.78, 5) is 15.3. The average molecular weight is 395 g/mol. The molecule has 2 saturated heterocycles. The second-order valence-corrected chi connectivity index (χ2v) is 8.25. The molecular formula is C24H30N2O3. The van der Waals surface area contributed by atoms with E-state index in [2.05, 4.69) is 16.3 Å². The molecule has 2 unspecified atom stereocenters. The van der Waals surface area contributed by atoms with Gasteiger partial charge < -0.3 is 14.8 Å². The van der Waals surface area contributed by atoms with Gasteiger partial charge in [0.05, 0.1) is 14.2 Å². The van der Waals surface area contributed by atoms with Crippen LogP contribution >= 0.6 is 0 Å². The van der Waals surface area contributed by atoms with Crippen LogP contribution in [0.25, 0.3) is 0 Å². The van der Waals surface area contributed by atoms with Crippen molar-refractivity contribution in [2.24, 2.45) is 0 Å². The van der Waals surface area contributed by atoms with Crippen LogP contribution in [0.15, 0.2) is 42.5 Å². The second kappa shape index (κ2) is 8.46. The topological polar surface area (TPSA) is 50.8 Å². The highest BCUT2D eigenvalue weighted by Gasteiger charge is 2.41. The number of piperidine rings is 1. The number of amides is 1. The lowest BCUT2D eigenvalue weighted by Gasteiger charge is -2.39. The Kier molecular flexibility index (Phi) is 5.76. The second-order valence-electron chi connectivity index (χ2n) is 8.25. The Bertz CT molecular complexity index is 868. The van der Waals surface area contributed by atoms with Crippen molar-refractivity contribution in [3.8, 4) is 11.5 Å². The highest BCUT2D eigenvalue weighted by Crippen LogP contribution is 2.38. The molecule has 2 aromatic carbocycles. The number of carbonyl (C=O) groups excluding carboxylic acids is 1. The van der Waals surface area contributed by atoms with Crippen molar-refractivity contribution >= 4 is 5.91 Å². The molecule has 1 amide bonds. The Morgan fingerprint density at radius 1 is 1.07 bits per heavy atom. The van der Waals surface area contributed by atoms with Crippen molar-refractivity contribution in [3.63, 3.8) is 0 Å². The lowest BCUT2D eigenvalue weighted by atomic mass is 9.96. The normalized spacial score (nSPS) is 23.6. The Morgan fingerprint density at radius 3 is 2.48 bits per heavy atom. The smallest absolute Gasteiger partial charge is 0.251 e. The number of nitrogens with zero attached hydrogens (tertiary/aromatic N) is 1. The van der Waals surface area contributed by atoms with Crippen LogP contribution in [0.4, 0.5) is 0 Å². The summed E-state index contributed by atoms with van der Waals surface area (Å²) in [6.45, 7) is 2.89. The SMILES string of the molecule is COc1ccc(CN2C3CCC2CC(NC(=O)c2cccc(C)c2)C3)c(OC)c1. The van der Waals surface area contributed by atoms with Crippen molar-refractivity contribution in [3.05, 3.63) is 59.2 Å². The molecule has 0 radical (unpaired) electrons. The molecule has 2 heterocycles. The highest BCUT2D eigenvalue weighted by atomic mass is 16.5. The first kappa shape index (κ1) is 19.8. The summed E-state index contributed by atoms with van der Waals surface area (Å²) < 4.78 is 10.9. The van der Waals surface area contributed by atoms with Crippen molar-refractivity contribution < 1.29 is 14.3 Å². The van der Waals surface area contributed by atoms with Crippen LogP contribution in [0.5, 0.6) is 11.5 Å². The van der Waals surface area contributed by atoms with Crippen LogP contribution in [0.3, 0.4) is 0 Å². The fourth-order valence-electron chi connectivity index (χ4n) is 4.88. The molecule has 2 aromatic rings. The molecule has 0 saturated carbocycles. The monoisotopic (exact) mass is 394 g/mol. The van der Waals surface area contributed by atoms with Gasteiger partial charge in [-0.3, -0.25) is 9.69 Å². The summed E-state index contributed by atoms with van der Waals surface area (Å²) in [6.07, 6.45) is 4.40. The maximum Gasteiger partial charge on any atom is 0.251 e. The highest BCUT2D eigenvalue weighted by molar-refractivity contribution is 5.94. The lowest BCUT2D eigenvalue weighted by Crippen LogP contribution is -2.50. The standard InChI is InChI=1S/C24H30N2O3/c1-16-5-4-6-17(11-16)24(27)25-19-12-20-8-9-21(13-19)26(20)15-18-7-10-22(28-2)14-23(18)29-3/h4-7,10-11,14,19-21H,8-9,12-13,15H2,1-3H3,(H,25,27). The molecule has 0 aliphatic carbocycles. The van der Waals surface area contributed by atoms with E-state index in [1.807, 2.05) is 43.3 Å². The van der Waals surface area contributed by atoms with Crippen LogP contribution in [-0.2, 0) is 6.54 Å². The number of benzene rings is 2. The Hall–Kier alpha value is -2.53. The maximum absolute atomic E-state index is 12.7. The zero-order valence-electron chi connectivity index (χ0n) is 17.5. The van der Waals surface area contributed by atoms with Gasteiger partial charge in [0.1, 0.15) is 11.5 Å². The molecule has 5 nitrogen and oxygen atoms in total. The molecule has 29 heavy (non-hydrogen) atoms. The minimum Gasteiger partial charge on any atom is -0.497 e. The maximum atomic E-state index is 12.7. The number of aryl methyl sites for hydroxylation is 1. The van der Waals surface area contributed by atoms with E-state index in [-0.39, 0.29) is 11.9 Å². The predicted octanol–water partition coefficient (Wildman–Crippen LogP) is 3.94. The molecule has 5 heteroatoms. The summed E-state index contributed by atoms with van der Waals surface area (Å²) in [7, 11) is 3.38. The molecule has 2 aliphatic heterocycles. The molecule has 1 N–H and O–H groups in total. The van der Waals surface area contributed by atoms with Crippen LogP contribution in [0.2, 0.25) is 0 Å². The summed E-state index contributed by atoms with van der Waals surface area (Å²) in [5, 5.41) is 3.28. The van der Waals surface area contributed by atoms with E-state index >= 15 is 0 Å². The summed E-state index contributed by atoms with van der Waals surface area (Å²) in [6, 6.07) is 15.1.